The van der Waals surface area contributed by atoms with Crippen LogP contribution < -0.4 is 0 Å². The van der Waals surface area contributed by atoms with Gasteiger partial charge in [0.25, 0.3) is 0 Å². The van der Waals surface area contributed by atoms with Crippen LogP contribution in [0.4, 0.5) is 0 Å². The Kier molecular flexibility index (Phi) is 3.44. The maximum Gasteiger partial charge on any atom is 0.235 e. The lowest BCUT2D eigenvalue weighted by atomic mass is 9.75. The molecule has 0 amide bonds. The van der Waals surface area contributed by atoms with Crippen LogP contribution in [0.25, 0.3) is 0 Å². The van der Waals surface area contributed by atoms with Crippen molar-refractivity contribution in [3.05, 3.63) is 34.9 Å². The second-order valence-electron chi connectivity index (χ2n) is 5.11. The van der Waals surface area contributed by atoms with Crippen LogP contribution in [0.5, 0.6) is 0 Å². The molecule has 0 aliphatic heterocycles. The first-order valence-electron chi connectivity index (χ1n) is 6.35. The minimum absolute atomic E-state index is 0.296. The molecule has 0 atom stereocenters. The highest BCUT2D eigenvalue weighted by Crippen LogP contribution is 2.41. The number of aliphatic imine (C=N–C) groups is 1. The molecule has 0 unspecified atom stereocenters. The number of nitrogens with zero attached hydrogens (tertiary/aromatic N) is 1. The molecule has 2 heteroatoms. The van der Waals surface area contributed by atoms with E-state index in [9.17, 15) is 4.79 Å². The standard InChI is InChI=1S/C15H19NO/c1-12-6-7-13(2)14(10-12)15(16-11-17)8-4-3-5-9-15/h6-7,10H,3-5,8-9H2,1-2H3. The van der Waals surface area contributed by atoms with Crippen molar-refractivity contribution in [2.24, 2.45) is 4.99 Å². The van der Waals surface area contributed by atoms with Gasteiger partial charge in [-0.2, -0.15) is 4.99 Å². The predicted octanol–water partition coefficient (Wildman–Crippen LogP) is 3.80. The number of benzene rings is 1. The number of hydrogen-bond donors (Lipinski definition) is 0. The minimum atomic E-state index is -0.296. The van der Waals surface area contributed by atoms with E-state index < -0.39 is 0 Å². The lowest BCUT2D eigenvalue weighted by molar-refractivity contribution is 0.302. The summed E-state index contributed by atoms with van der Waals surface area (Å²) in [6, 6.07) is 6.42. The molecule has 90 valence electrons. The zero-order valence-electron chi connectivity index (χ0n) is 10.6. The molecule has 0 saturated heterocycles. The highest BCUT2D eigenvalue weighted by molar-refractivity contribution is 5.42. The normalized spacial score (nSPS) is 18.5. The van der Waals surface area contributed by atoms with Crippen LogP contribution in [-0.4, -0.2) is 6.08 Å². The number of aryl methyl sites for hydroxylation is 2. The minimum Gasteiger partial charge on any atom is -0.211 e. The molecule has 0 aromatic heterocycles. The van der Waals surface area contributed by atoms with E-state index in [-0.39, 0.29) is 5.54 Å². The Morgan fingerprint density at radius 3 is 2.53 bits per heavy atom. The highest BCUT2D eigenvalue weighted by Gasteiger charge is 2.34. The molecule has 1 fully saturated rings. The quantitative estimate of drug-likeness (QED) is 0.560. The van der Waals surface area contributed by atoms with Gasteiger partial charge in [-0.15, -0.1) is 0 Å². The fourth-order valence-corrected chi connectivity index (χ4v) is 2.90. The number of carbonyl (C=O) groups excluding carboxylic acids is 1. The second kappa shape index (κ2) is 4.85. The van der Waals surface area contributed by atoms with Crippen molar-refractivity contribution in [2.45, 2.75) is 51.5 Å². The molecular formula is C15H19NO. The Bertz CT molecular complexity index is 452. The Morgan fingerprint density at radius 1 is 1.18 bits per heavy atom. The van der Waals surface area contributed by atoms with Gasteiger partial charge in [-0.05, 0) is 37.8 Å². The van der Waals surface area contributed by atoms with Gasteiger partial charge in [0, 0.05) is 0 Å². The van der Waals surface area contributed by atoms with Crippen molar-refractivity contribution in [1.82, 2.24) is 0 Å². The zero-order chi connectivity index (χ0) is 12.3. The Hall–Kier alpha value is -1.40. The van der Waals surface area contributed by atoms with Gasteiger partial charge in [0.15, 0.2) is 0 Å². The average Bonchev–Trinajstić information content (AvgIpc) is 2.34. The van der Waals surface area contributed by atoms with Gasteiger partial charge in [0.1, 0.15) is 0 Å². The summed E-state index contributed by atoms with van der Waals surface area (Å²) in [4.78, 5) is 14.9. The molecule has 0 heterocycles. The van der Waals surface area contributed by atoms with Crippen LogP contribution in [0.15, 0.2) is 23.2 Å². The van der Waals surface area contributed by atoms with Crippen LogP contribution in [0, 0.1) is 13.8 Å². The van der Waals surface area contributed by atoms with Crippen LogP contribution in [0.2, 0.25) is 0 Å². The van der Waals surface area contributed by atoms with E-state index in [0.717, 1.165) is 25.7 Å². The van der Waals surface area contributed by atoms with E-state index in [2.05, 4.69) is 37.0 Å². The van der Waals surface area contributed by atoms with E-state index >= 15 is 0 Å². The third-order valence-electron chi connectivity index (χ3n) is 3.83. The van der Waals surface area contributed by atoms with E-state index in [4.69, 9.17) is 0 Å². The van der Waals surface area contributed by atoms with Crippen LogP contribution in [-0.2, 0) is 10.3 Å². The van der Waals surface area contributed by atoms with Gasteiger partial charge in [-0.3, -0.25) is 0 Å². The first kappa shape index (κ1) is 12.1. The van der Waals surface area contributed by atoms with Crippen LogP contribution in [0.1, 0.15) is 48.8 Å². The Labute approximate surface area is 103 Å². The van der Waals surface area contributed by atoms with E-state index in [1.165, 1.54) is 23.1 Å². The van der Waals surface area contributed by atoms with E-state index in [1.54, 1.807) is 6.08 Å². The van der Waals surface area contributed by atoms with Crippen molar-refractivity contribution < 1.29 is 4.79 Å². The SMILES string of the molecule is Cc1ccc(C)c(C2(N=C=O)CCCCC2)c1. The fourth-order valence-electron chi connectivity index (χ4n) is 2.90. The van der Waals surface area contributed by atoms with Gasteiger partial charge in [-0.1, -0.05) is 43.0 Å². The van der Waals surface area contributed by atoms with Crippen molar-refractivity contribution in [3.8, 4) is 0 Å². The monoisotopic (exact) mass is 229 g/mol. The molecule has 1 aromatic rings. The number of hydrogen-bond acceptors (Lipinski definition) is 2. The molecule has 2 nitrogen and oxygen atoms in total. The lowest BCUT2D eigenvalue weighted by Gasteiger charge is -2.34. The smallest absolute Gasteiger partial charge is 0.211 e. The molecule has 1 aliphatic rings. The first-order valence-corrected chi connectivity index (χ1v) is 6.35. The van der Waals surface area contributed by atoms with E-state index in [0.29, 0.717) is 0 Å². The summed E-state index contributed by atoms with van der Waals surface area (Å²) in [5, 5.41) is 0. The van der Waals surface area contributed by atoms with Gasteiger partial charge in [0.2, 0.25) is 6.08 Å². The number of isocyanates is 1. The van der Waals surface area contributed by atoms with Crippen LogP contribution >= 0.6 is 0 Å². The third-order valence-corrected chi connectivity index (χ3v) is 3.83. The molecule has 1 saturated carbocycles. The number of rotatable bonds is 2. The van der Waals surface area contributed by atoms with Gasteiger partial charge >= 0.3 is 0 Å². The maximum absolute atomic E-state index is 10.8. The molecule has 1 aliphatic carbocycles. The summed E-state index contributed by atoms with van der Waals surface area (Å²) < 4.78 is 0. The van der Waals surface area contributed by atoms with Crippen molar-refractivity contribution in [3.63, 3.8) is 0 Å². The van der Waals surface area contributed by atoms with Crippen molar-refractivity contribution in [2.75, 3.05) is 0 Å². The predicted molar refractivity (Wildman–Crippen MR) is 68.8 cm³/mol. The first-order chi connectivity index (χ1) is 8.18. The molecule has 0 bridgehead atoms. The topological polar surface area (TPSA) is 29.4 Å². The molecular weight excluding hydrogens is 210 g/mol. The molecule has 2 rings (SSSR count). The lowest BCUT2D eigenvalue weighted by Crippen LogP contribution is -2.27. The van der Waals surface area contributed by atoms with E-state index in [1.807, 2.05) is 0 Å². The summed E-state index contributed by atoms with van der Waals surface area (Å²) in [5.74, 6) is 0. The fraction of sp³-hybridized carbons (Fsp3) is 0.533. The summed E-state index contributed by atoms with van der Waals surface area (Å²) in [7, 11) is 0. The third kappa shape index (κ3) is 2.32. The Morgan fingerprint density at radius 2 is 1.88 bits per heavy atom. The summed E-state index contributed by atoms with van der Waals surface area (Å²) in [6.07, 6.45) is 7.31. The zero-order valence-corrected chi connectivity index (χ0v) is 10.6. The molecule has 0 radical (unpaired) electrons. The molecule has 0 N–H and O–H groups in total. The summed E-state index contributed by atoms with van der Waals surface area (Å²) in [5.41, 5.74) is 3.39. The maximum atomic E-state index is 10.8. The van der Waals surface area contributed by atoms with Gasteiger partial charge in [0.05, 0.1) is 5.54 Å². The molecule has 17 heavy (non-hydrogen) atoms. The van der Waals surface area contributed by atoms with Crippen molar-refractivity contribution >= 4 is 6.08 Å². The van der Waals surface area contributed by atoms with Gasteiger partial charge in [-0.25, -0.2) is 4.79 Å². The van der Waals surface area contributed by atoms with Gasteiger partial charge < -0.3 is 0 Å². The average molecular weight is 229 g/mol. The summed E-state index contributed by atoms with van der Waals surface area (Å²) >= 11 is 0. The second-order valence-corrected chi connectivity index (χ2v) is 5.11. The van der Waals surface area contributed by atoms with Crippen LogP contribution in [0.3, 0.4) is 0 Å². The molecule has 0 spiro atoms. The highest BCUT2D eigenvalue weighted by atomic mass is 16.1. The molecule has 1 aromatic carbocycles. The largest absolute Gasteiger partial charge is 0.235 e. The van der Waals surface area contributed by atoms with Crippen molar-refractivity contribution in [1.29, 1.82) is 0 Å². The Balaban J connectivity index is 2.51. The summed E-state index contributed by atoms with van der Waals surface area (Å²) in [6.45, 7) is 4.19.